The molecule has 1 saturated heterocycles. The second kappa shape index (κ2) is 4.63. The summed E-state index contributed by atoms with van der Waals surface area (Å²) in [7, 11) is 0. The highest BCUT2D eigenvalue weighted by Gasteiger charge is 2.28. The number of piperidine rings is 1. The fourth-order valence-electron chi connectivity index (χ4n) is 2.85. The fraction of sp³-hybridized carbons (Fsp3) is 1.00. The van der Waals surface area contributed by atoms with Gasteiger partial charge in [-0.15, -0.1) is 0 Å². The van der Waals surface area contributed by atoms with E-state index < -0.39 is 0 Å². The number of hydrogen-bond donors (Lipinski definition) is 1. The SMILES string of the molecule is CCN1CCCC(NC2CC(C)C2)C1. The Morgan fingerprint density at radius 3 is 2.71 bits per heavy atom. The van der Waals surface area contributed by atoms with E-state index in [1.54, 1.807) is 0 Å². The van der Waals surface area contributed by atoms with Gasteiger partial charge in [0.25, 0.3) is 0 Å². The van der Waals surface area contributed by atoms with Crippen LogP contribution in [0.5, 0.6) is 0 Å². The van der Waals surface area contributed by atoms with Crippen molar-refractivity contribution in [3.63, 3.8) is 0 Å². The van der Waals surface area contributed by atoms with Crippen molar-refractivity contribution in [2.24, 2.45) is 5.92 Å². The van der Waals surface area contributed by atoms with Gasteiger partial charge in [-0.05, 0) is 44.7 Å². The van der Waals surface area contributed by atoms with Gasteiger partial charge in [-0.1, -0.05) is 13.8 Å². The van der Waals surface area contributed by atoms with Gasteiger partial charge in [0.05, 0.1) is 0 Å². The summed E-state index contributed by atoms with van der Waals surface area (Å²) < 4.78 is 0. The lowest BCUT2D eigenvalue weighted by Crippen LogP contribution is -2.52. The molecule has 0 radical (unpaired) electrons. The molecule has 14 heavy (non-hydrogen) atoms. The van der Waals surface area contributed by atoms with Crippen molar-refractivity contribution in [1.29, 1.82) is 0 Å². The van der Waals surface area contributed by atoms with Crippen molar-refractivity contribution in [2.45, 2.75) is 51.6 Å². The molecule has 0 aromatic rings. The van der Waals surface area contributed by atoms with Crippen LogP contribution in [0.2, 0.25) is 0 Å². The normalized spacial score (nSPS) is 39.4. The Morgan fingerprint density at radius 1 is 1.29 bits per heavy atom. The number of hydrogen-bond acceptors (Lipinski definition) is 2. The first kappa shape index (κ1) is 10.4. The van der Waals surface area contributed by atoms with E-state index in [1.807, 2.05) is 0 Å². The molecule has 1 aliphatic carbocycles. The van der Waals surface area contributed by atoms with Crippen LogP contribution in [-0.2, 0) is 0 Å². The number of nitrogens with zero attached hydrogens (tertiary/aromatic N) is 1. The molecule has 1 heterocycles. The Balaban J connectivity index is 1.69. The number of nitrogens with one attached hydrogen (secondary N) is 1. The second-order valence-electron chi connectivity index (χ2n) is 5.17. The second-order valence-corrected chi connectivity index (χ2v) is 5.17. The van der Waals surface area contributed by atoms with Gasteiger partial charge in [0.1, 0.15) is 0 Å². The average molecular weight is 196 g/mol. The maximum atomic E-state index is 3.81. The molecule has 0 bridgehead atoms. The third-order valence-corrected chi connectivity index (χ3v) is 3.80. The number of likely N-dealkylation sites (N-methyl/N-ethyl adjacent to an activating group) is 1. The van der Waals surface area contributed by atoms with Gasteiger partial charge in [-0.2, -0.15) is 0 Å². The molecular weight excluding hydrogens is 172 g/mol. The van der Waals surface area contributed by atoms with Gasteiger partial charge in [0, 0.05) is 18.6 Å². The number of likely N-dealkylation sites (tertiary alicyclic amines) is 1. The Morgan fingerprint density at radius 2 is 2.07 bits per heavy atom. The Hall–Kier alpha value is -0.0800. The number of rotatable bonds is 3. The molecule has 1 saturated carbocycles. The van der Waals surface area contributed by atoms with Crippen molar-refractivity contribution in [2.75, 3.05) is 19.6 Å². The zero-order valence-electron chi connectivity index (χ0n) is 9.63. The minimum Gasteiger partial charge on any atom is -0.310 e. The van der Waals surface area contributed by atoms with Gasteiger partial charge < -0.3 is 10.2 Å². The van der Waals surface area contributed by atoms with Gasteiger partial charge in [-0.25, -0.2) is 0 Å². The third-order valence-electron chi connectivity index (χ3n) is 3.80. The van der Waals surface area contributed by atoms with Crippen molar-refractivity contribution in [3.05, 3.63) is 0 Å². The molecule has 1 unspecified atom stereocenters. The molecule has 2 heteroatoms. The molecule has 2 nitrogen and oxygen atoms in total. The van der Waals surface area contributed by atoms with E-state index in [1.165, 1.54) is 45.3 Å². The summed E-state index contributed by atoms with van der Waals surface area (Å²) in [6, 6.07) is 1.62. The van der Waals surface area contributed by atoms with Crippen molar-refractivity contribution < 1.29 is 0 Å². The predicted octanol–water partition coefficient (Wildman–Crippen LogP) is 1.86. The summed E-state index contributed by atoms with van der Waals surface area (Å²) in [5.74, 6) is 0.971. The van der Waals surface area contributed by atoms with E-state index in [9.17, 15) is 0 Å². The van der Waals surface area contributed by atoms with Crippen LogP contribution < -0.4 is 5.32 Å². The minimum absolute atomic E-state index is 0.779. The Kier molecular flexibility index (Phi) is 3.45. The molecule has 0 aromatic carbocycles. The van der Waals surface area contributed by atoms with E-state index in [0.717, 1.165) is 18.0 Å². The average Bonchev–Trinajstić information content (AvgIpc) is 2.16. The van der Waals surface area contributed by atoms with Crippen molar-refractivity contribution in [3.8, 4) is 0 Å². The molecule has 2 rings (SSSR count). The highest BCUT2D eigenvalue weighted by atomic mass is 15.2. The van der Waals surface area contributed by atoms with Crippen LogP contribution in [0.4, 0.5) is 0 Å². The molecule has 1 N–H and O–H groups in total. The van der Waals surface area contributed by atoms with Crippen LogP contribution in [0.15, 0.2) is 0 Å². The zero-order chi connectivity index (χ0) is 9.97. The Bertz CT molecular complexity index is 175. The molecule has 0 aromatic heterocycles. The smallest absolute Gasteiger partial charge is 0.0198 e. The lowest BCUT2D eigenvalue weighted by molar-refractivity contribution is 0.155. The lowest BCUT2D eigenvalue weighted by atomic mass is 9.81. The van der Waals surface area contributed by atoms with Crippen LogP contribution in [0.3, 0.4) is 0 Å². The molecule has 1 aliphatic heterocycles. The van der Waals surface area contributed by atoms with Gasteiger partial charge >= 0.3 is 0 Å². The van der Waals surface area contributed by atoms with Crippen LogP contribution in [0.1, 0.15) is 39.5 Å². The standard InChI is InChI=1S/C12H24N2/c1-3-14-6-4-5-11(9-14)13-12-7-10(2)8-12/h10-13H,3-9H2,1-2H3. The van der Waals surface area contributed by atoms with Crippen LogP contribution in [-0.4, -0.2) is 36.6 Å². The first-order valence-electron chi connectivity index (χ1n) is 6.26. The van der Waals surface area contributed by atoms with E-state index >= 15 is 0 Å². The molecule has 1 atom stereocenters. The van der Waals surface area contributed by atoms with Crippen LogP contribution in [0.25, 0.3) is 0 Å². The lowest BCUT2D eigenvalue weighted by Gasteiger charge is -2.40. The molecule has 0 spiro atoms. The molecule has 0 amide bonds. The quantitative estimate of drug-likeness (QED) is 0.741. The first-order valence-corrected chi connectivity index (χ1v) is 6.26. The molecule has 82 valence electrons. The van der Waals surface area contributed by atoms with Gasteiger partial charge in [0.15, 0.2) is 0 Å². The summed E-state index contributed by atoms with van der Waals surface area (Å²) in [6.07, 6.45) is 5.58. The molecule has 2 aliphatic rings. The van der Waals surface area contributed by atoms with E-state index in [-0.39, 0.29) is 0 Å². The monoisotopic (exact) mass is 196 g/mol. The van der Waals surface area contributed by atoms with Gasteiger partial charge in [0.2, 0.25) is 0 Å². The van der Waals surface area contributed by atoms with E-state index in [0.29, 0.717) is 0 Å². The summed E-state index contributed by atoms with van der Waals surface area (Å²) >= 11 is 0. The van der Waals surface area contributed by atoms with Gasteiger partial charge in [-0.3, -0.25) is 0 Å². The first-order chi connectivity index (χ1) is 6.78. The van der Waals surface area contributed by atoms with Crippen molar-refractivity contribution in [1.82, 2.24) is 10.2 Å². The summed E-state index contributed by atoms with van der Waals surface area (Å²) in [6.45, 7) is 8.45. The van der Waals surface area contributed by atoms with E-state index in [2.05, 4.69) is 24.1 Å². The summed E-state index contributed by atoms with van der Waals surface area (Å²) in [5, 5.41) is 3.81. The highest BCUT2D eigenvalue weighted by Crippen LogP contribution is 2.27. The summed E-state index contributed by atoms with van der Waals surface area (Å²) in [4.78, 5) is 2.57. The van der Waals surface area contributed by atoms with Crippen LogP contribution in [0, 0.1) is 5.92 Å². The minimum atomic E-state index is 0.779. The Labute approximate surface area is 88.1 Å². The molecule has 2 fully saturated rings. The molecular formula is C12H24N2. The third kappa shape index (κ3) is 2.48. The zero-order valence-corrected chi connectivity index (χ0v) is 9.63. The summed E-state index contributed by atoms with van der Waals surface area (Å²) in [5.41, 5.74) is 0. The van der Waals surface area contributed by atoms with Crippen LogP contribution >= 0.6 is 0 Å². The van der Waals surface area contributed by atoms with Crippen molar-refractivity contribution >= 4 is 0 Å². The van der Waals surface area contributed by atoms with E-state index in [4.69, 9.17) is 0 Å². The maximum absolute atomic E-state index is 3.81. The maximum Gasteiger partial charge on any atom is 0.0198 e. The topological polar surface area (TPSA) is 15.3 Å². The highest BCUT2D eigenvalue weighted by molar-refractivity contribution is 4.87. The fourth-order valence-corrected chi connectivity index (χ4v) is 2.85. The predicted molar refractivity (Wildman–Crippen MR) is 60.5 cm³/mol. The largest absolute Gasteiger partial charge is 0.310 e.